The maximum Gasteiger partial charge on any atom is 0.336 e. The number of rotatable bonds is 4. The summed E-state index contributed by atoms with van der Waals surface area (Å²) in [6, 6.07) is 6.39. The SMILES string of the molecule is CC(=O)OC1c2c(ccc3ccc(=O)oc23)OC1C(C)(C)OC(=O)C=C(C)C. The number of fused-ring (bicyclic) bond motifs is 3. The average molecular weight is 386 g/mol. The van der Waals surface area contributed by atoms with E-state index in [1.54, 1.807) is 45.9 Å². The number of hydrogen-bond acceptors (Lipinski definition) is 7. The zero-order valence-corrected chi connectivity index (χ0v) is 16.4. The fourth-order valence-corrected chi connectivity index (χ4v) is 3.25. The van der Waals surface area contributed by atoms with Crippen molar-refractivity contribution in [2.24, 2.45) is 0 Å². The number of carbonyl (C=O) groups is 2. The van der Waals surface area contributed by atoms with Crippen LogP contribution in [0.25, 0.3) is 11.0 Å². The maximum atomic E-state index is 12.2. The van der Waals surface area contributed by atoms with Crippen LogP contribution in [0, 0.1) is 0 Å². The predicted molar refractivity (Wildman–Crippen MR) is 101 cm³/mol. The van der Waals surface area contributed by atoms with E-state index in [0.29, 0.717) is 16.7 Å². The fourth-order valence-electron chi connectivity index (χ4n) is 3.25. The zero-order valence-electron chi connectivity index (χ0n) is 16.4. The van der Waals surface area contributed by atoms with Crippen LogP contribution in [0.15, 0.2) is 45.1 Å². The van der Waals surface area contributed by atoms with Crippen molar-refractivity contribution in [3.05, 3.63) is 51.9 Å². The third-order valence-electron chi connectivity index (χ3n) is 4.35. The highest BCUT2D eigenvalue weighted by molar-refractivity contribution is 5.84. The molecule has 2 heterocycles. The minimum absolute atomic E-state index is 0.283. The molecule has 2 unspecified atom stereocenters. The first-order chi connectivity index (χ1) is 13.1. The molecule has 1 aliphatic heterocycles. The lowest BCUT2D eigenvalue weighted by Crippen LogP contribution is -2.46. The third kappa shape index (κ3) is 3.78. The monoisotopic (exact) mass is 386 g/mol. The number of benzene rings is 1. The Kier molecular flexibility index (Phi) is 5.02. The largest absolute Gasteiger partial charge is 0.481 e. The molecule has 28 heavy (non-hydrogen) atoms. The molecule has 1 aromatic heterocycles. The second kappa shape index (κ2) is 7.14. The molecule has 0 fully saturated rings. The lowest BCUT2D eigenvalue weighted by atomic mass is 9.93. The molecule has 0 bridgehead atoms. The van der Waals surface area contributed by atoms with Gasteiger partial charge < -0.3 is 18.6 Å². The van der Waals surface area contributed by atoms with E-state index >= 15 is 0 Å². The van der Waals surface area contributed by atoms with Crippen molar-refractivity contribution in [1.29, 1.82) is 0 Å². The Bertz CT molecular complexity index is 1020. The summed E-state index contributed by atoms with van der Waals surface area (Å²) in [6.45, 7) is 8.20. The van der Waals surface area contributed by atoms with Gasteiger partial charge in [-0.3, -0.25) is 4.79 Å². The van der Waals surface area contributed by atoms with Crippen LogP contribution >= 0.6 is 0 Å². The number of esters is 2. The van der Waals surface area contributed by atoms with Gasteiger partial charge in [0, 0.05) is 24.5 Å². The Hall–Kier alpha value is -3.09. The van der Waals surface area contributed by atoms with Crippen LogP contribution in [-0.4, -0.2) is 23.6 Å². The van der Waals surface area contributed by atoms with E-state index in [1.165, 1.54) is 19.1 Å². The van der Waals surface area contributed by atoms with Crippen LogP contribution in [0.2, 0.25) is 0 Å². The van der Waals surface area contributed by atoms with E-state index in [9.17, 15) is 14.4 Å². The predicted octanol–water partition coefficient (Wildman–Crippen LogP) is 3.45. The van der Waals surface area contributed by atoms with Crippen molar-refractivity contribution in [3.63, 3.8) is 0 Å². The number of ether oxygens (including phenoxy) is 3. The van der Waals surface area contributed by atoms with Crippen LogP contribution in [0.4, 0.5) is 0 Å². The van der Waals surface area contributed by atoms with Crippen molar-refractivity contribution < 1.29 is 28.2 Å². The van der Waals surface area contributed by atoms with E-state index in [2.05, 4.69) is 0 Å². The molecule has 1 aliphatic rings. The van der Waals surface area contributed by atoms with Crippen LogP contribution in [0.3, 0.4) is 0 Å². The highest BCUT2D eigenvalue weighted by Gasteiger charge is 2.49. The molecule has 0 saturated carbocycles. The molecule has 3 rings (SSSR count). The van der Waals surface area contributed by atoms with Gasteiger partial charge in [-0.05, 0) is 45.9 Å². The summed E-state index contributed by atoms with van der Waals surface area (Å²) in [6.07, 6.45) is -0.354. The first kappa shape index (κ1) is 19.7. The van der Waals surface area contributed by atoms with Gasteiger partial charge in [-0.2, -0.15) is 0 Å². The van der Waals surface area contributed by atoms with Gasteiger partial charge in [-0.25, -0.2) is 9.59 Å². The number of carbonyl (C=O) groups excluding carboxylic acids is 2. The molecule has 7 heteroatoms. The fraction of sp³-hybridized carbons (Fsp3) is 0.381. The lowest BCUT2D eigenvalue weighted by Gasteiger charge is -2.33. The zero-order chi connectivity index (χ0) is 20.6. The summed E-state index contributed by atoms with van der Waals surface area (Å²) in [4.78, 5) is 35.7. The van der Waals surface area contributed by atoms with Crippen LogP contribution in [0.5, 0.6) is 5.75 Å². The Labute approximate surface area is 161 Å². The highest BCUT2D eigenvalue weighted by Crippen LogP contribution is 2.47. The molecule has 0 radical (unpaired) electrons. The molecule has 0 aliphatic carbocycles. The van der Waals surface area contributed by atoms with Gasteiger partial charge in [-0.15, -0.1) is 0 Å². The van der Waals surface area contributed by atoms with E-state index in [0.717, 1.165) is 5.57 Å². The molecule has 0 N–H and O–H groups in total. The molecule has 1 aromatic carbocycles. The summed E-state index contributed by atoms with van der Waals surface area (Å²) >= 11 is 0. The second-order valence-electron chi connectivity index (χ2n) is 7.46. The van der Waals surface area contributed by atoms with Crippen molar-refractivity contribution in [1.82, 2.24) is 0 Å². The Morgan fingerprint density at radius 3 is 2.43 bits per heavy atom. The highest BCUT2D eigenvalue weighted by atomic mass is 16.6. The second-order valence-corrected chi connectivity index (χ2v) is 7.46. The molecule has 0 spiro atoms. The molecule has 7 nitrogen and oxygen atoms in total. The van der Waals surface area contributed by atoms with Gasteiger partial charge in [0.05, 0.1) is 5.56 Å². The first-order valence-corrected chi connectivity index (χ1v) is 8.87. The molecule has 148 valence electrons. The summed E-state index contributed by atoms with van der Waals surface area (Å²) in [5, 5.41) is 0.666. The minimum atomic E-state index is -1.14. The molecule has 2 atom stereocenters. The third-order valence-corrected chi connectivity index (χ3v) is 4.35. The minimum Gasteiger partial charge on any atom is -0.481 e. The smallest absolute Gasteiger partial charge is 0.336 e. The van der Waals surface area contributed by atoms with Crippen LogP contribution in [-0.2, 0) is 19.1 Å². The number of hydrogen-bond donors (Lipinski definition) is 0. The van der Waals surface area contributed by atoms with E-state index in [4.69, 9.17) is 18.6 Å². The lowest BCUT2D eigenvalue weighted by molar-refractivity contribution is -0.172. The van der Waals surface area contributed by atoms with Gasteiger partial charge >= 0.3 is 17.6 Å². The Morgan fingerprint density at radius 1 is 1.11 bits per heavy atom. The van der Waals surface area contributed by atoms with Crippen molar-refractivity contribution in [2.75, 3.05) is 0 Å². The molecule has 0 saturated heterocycles. The Morgan fingerprint density at radius 2 is 1.79 bits per heavy atom. The average Bonchev–Trinajstić information content (AvgIpc) is 2.92. The van der Waals surface area contributed by atoms with Gasteiger partial charge in [0.15, 0.2) is 12.2 Å². The van der Waals surface area contributed by atoms with E-state index < -0.39 is 35.4 Å². The first-order valence-electron chi connectivity index (χ1n) is 8.87. The number of allylic oxidation sites excluding steroid dienone is 1. The standard InChI is InChI=1S/C21H22O7/c1-11(2)10-16(24)28-21(4,5)20-19(25-12(3)22)17-14(26-20)8-6-13-7-9-15(23)27-18(13)17/h6-10,19-20H,1-5H3. The quantitative estimate of drug-likeness (QED) is 0.451. The summed E-state index contributed by atoms with van der Waals surface area (Å²) in [7, 11) is 0. The normalized spacial score (nSPS) is 18.2. The van der Waals surface area contributed by atoms with Crippen molar-refractivity contribution >= 4 is 22.9 Å². The van der Waals surface area contributed by atoms with Gasteiger partial charge in [0.2, 0.25) is 0 Å². The van der Waals surface area contributed by atoms with Crippen molar-refractivity contribution in [3.8, 4) is 5.75 Å². The summed E-state index contributed by atoms with van der Waals surface area (Å²) in [5.74, 6) is -0.653. The van der Waals surface area contributed by atoms with Gasteiger partial charge in [0.25, 0.3) is 0 Å². The molecule has 0 amide bonds. The maximum absolute atomic E-state index is 12.2. The summed E-state index contributed by atoms with van der Waals surface area (Å²) in [5.41, 5.74) is -0.142. The summed E-state index contributed by atoms with van der Waals surface area (Å²) < 4.78 is 22.5. The molecule has 2 aromatic rings. The van der Waals surface area contributed by atoms with Gasteiger partial charge in [0.1, 0.15) is 16.9 Å². The van der Waals surface area contributed by atoms with Gasteiger partial charge in [-0.1, -0.05) is 5.57 Å². The van der Waals surface area contributed by atoms with Crippen LogP contribution < -0.4 is 10.4 Å². The Balaban J connectivity index is 2.07. The van der Waals surface area contributed by atoms with E-state index in [-0.39, 0.29) is 5.58 Å². The van der Waals surface area contributed by atoms with Crippen LogP contribution in [0.1, 0.15) is 46.3 Å². The molecular formula is C21H22O7. The topological polar surface area (TPSA) is 92.0 Å². The van der Waals surface area contributed by atoms with E-state index in [1.807, 2.05) is 0 Å². The molecular weight excluding hydrogens is 364 g/mol. The van der Waals surface area contributed by atoms with Crippen molar-refractivity contribution in [2.45, 2.75) is 52.4 Å².